The molecule has 21 heteroatoms. The van der Waals surface area contributed by atoms with Crippen LogP contribution in [0.4, 0.5) is 0 Å². The molecular formula is C34H42N8O4WY8-2. The second kappa shape index (κ2) is 26.1. The van der Waals surface area contributed by atoms with Gasteiger partial charge in [0, 0.05) is 323 Å². The van der Waals surface area contributed by atoms with Gasteiger partial charge in [0.1, 0.15) is 5.43 Å². The molecule has 6 N–H and O–H groups in total. The van der Waals surface area contributed by atoms with Crippen molar-refractivity contribution in [3.63, 3.8) is 0 Å². The van der Waals surface area contributed by atoms with Gasteiger partial charge in [0.25, 0.3) is 5.97 Å². The van der Waals surface area contributed by atoms with Gasteiger partial charge in [-0.1, -0.05) is 37.4 Å². The minimum Gasteiger partial charge on any atom is -0.521 e. The van der Waals surface area contributed by atoms with Crippen molar-refractivity contribution in [3.05, 3.63) is 86.3 Å². The minimum atomic E-state index is -1.24. The van der Waals surface area contributed by atoms with Crippen LogP contribution < -0.4 is 22.7 Å². The molecule has 8 radical (unpaired) electrons. The molecule has 4 aliphatic heterocycles. The molecule has 4 aliphatic rings. The molecule has 0 spiro atoms. The molecule has 0 unspecified atom stereocenters. The van der Waals surface area contributed by atoms with Crippen LogP contribution in [0, 0.1) is 26.2 Å². The number of nitrogens with zero attached hydrogens (tertiary/aromatic N) is 5. The fourth-order valence-corrected chi connectivity index (χ4v) is 6.69. The van der Waals surface area contributed by atoms with Crippen molar-refractivity contribution in [2.75, 3.05) is 0 Å². The fraction of sp³-hybridized carbons (Fsp3) is 0.412. The molecule has 0 saturated carbocycles. The number of fused-ring (bicyclic) bond motifs is 7. The number of carbonyl (C=O) groups is 1. The normalized spacial score (nSPS) is 14.5. The largest absolute Gasteiger partial charge is 0.521 e. The summed E-state index contributed by atoms with van der Waals surface area (Å²) in [5.41, 5.74) is 4.48. The monoisotopic (exact) mass is 1520 g/mol. The number of aromatic carboxylic acids is 1. The third-order valence-electron chi connectivity index (χ3n) is 10.8. The number of nitrogens with one attached hydrogen (secondary N) is 1. The van der Waals surface area contributed by atoms with Gasteiger partial charge in [-0.15, -0.1) is 0 Å². The summed E-state index contributed by atoms with van der Waals surface area (Å²) in [6, 6.07) is 8.07. The van der Waals surface area contributed by atoms with E-state index in [-0.39, 0.29) is 310 Å². The first-order valence-electron chi connectivity index (χ1n) is 15.0. The summed E-state index contributed by atoms with van der Waals surface area (Å²) in [6.45, 7) is 20.8. The topological polar surface area (TPSA) is 172 Å². The molecule has 0 aromatic carbocycles. The maximum Gasteiger partial charge on any atom is 0.252 e. The average Bonchev–Trinajstić information content (AvgIpc) is 3.75. The molecule has 3 aromatic heterocycles. The first-order valence-corrected chi connectivity index (χ1v) is 15.0. The van der Waals surface area contributed by atoms with Gasteiger partial charge in [0.15, 0.2) is 5.56 Å². The second-order valence-electron chi connectivity index (χ2n) is 13.9. The summed E-state index contributed by atoms with van der Waals surface area (Å²) in [5, 5.41) is 16.0. The van der Waals surface area contributed by atoms with E-state index in [4.69, 9.17) is 0 Å². The van der Waals surface area contributed by atoms with Crippen LogP contribution >= 0.6 is 0 Å². The van der Waals surface area contributed by atoms with E-state index in [0.29, 0.717) is 16.8 Å². The Labute approximate surface area is 539 Å². The SMILES string of the molecule is Cc1c2n([c-]c(C(=O)O)c1=O)C(C)(C)C(C)(C)n1cccc1-2.Cc1c2n[nH]c(=O)c-2[c-]n2c1-c1cccn1C(C)(C)C2(C)C.NN.[W].[Y].[Y].[Y].[Y].[Y].[Y].[Y].[Y]. The van der Waals surface area contributed by atoms with Crippen molar-refractivity contribution in [1.29, 1.82) is 0 Å². The molecule has 12 nitrogen and oxygen atoms in total. The summed E-state index contributed by atoms with van der Waals surface area (Å²) in [5.74, 6) is 6.76. The van der Waals surface area contributed by atoms with Crippen LogP contribution in [0.2, 0.25) is 0 Å². The maximum atomic E-state index is 12.4. The van der Waals surface area contributed by atoms with Gasteiger partial charge in [-0.25, -0.2) is 5.10 Å². The summed E-state index contributed by atoms with van der Waals surface area (Å²) in [4.78, 5) is 35.7. The number of hydrogen-bond donors (Lipinski definition) is 4. The van der Waals surface area contributed by atoms with Crippen LogP contribution in [-0.4, -0.2) is 39.5 Å². The predicted octanol–water partition coefficient (Wildman–Crippen LogP) is 4.14. The molecule has 0 atom stereocenters. The van der Waals surface area contributed by atoms with E-state index in [1.807, 2.05) is 43.7 Å². The van der Waals surface area contributed by atoms with E-state index in [9.17, 15) is 19.5 Å². The van der Waals surface area contributed by atoms with E-state index in [1.54, 1.807) is 6.92 Å². The van der Waals surface area contributed by atoms with Gasteiger partial charge in [-0.3, -0.25) is 16.8 Å². The number of aromatic amines is 1. The molecule has 0 aliphatic carbocycles. The Morgan fingerprint density at radius 2 is 1.07 bits per heavy atom. The third kappa shape index (κ3) is 11.6. The molecule has 0 saturated heterocycles. The molecule has 7 heterocycles. The van der Waals surface area contributed by atoms with Crippen molar-refractivity contribution < 1.29 is 293 Å². The number of H-pyrrole nitrogens is 1. The Bertz CT molecular complexity index is 2120. The van der Waals surface area contributed by atoms with Gasteiger partial charge in [0.2, 0.25) is 0 Å². The average molecular weight is 1520 g/mol. The summed E-state index contributed by atoms with van der Waals surface area (Å²) in [6.07, 6.45) is 10.3. The Kier molecular flexibility index (Phi) is 32.7. The zero-order valence-corrected chi connectivity index (χ0v) is 58.7. The molecular weight excluding hydrogens is 1480 g/mol. The van der Waals surface area contributed by atoms with Gasteiger partial charge < -0.3 is 37.8 Å². The number of carboxylic acids is 1. The van der Waals surface area contributed by atoms with Crippen LogP contribution in [0.25, 0.3) is 34.0 Å². The van der Waals surface area contributed by atoms with Gasteiger partial charge in [-0.2, -0.15) is 0 Å². The van der Waals surface area contributed by atoms with Gasteiger partial charge >= 0.3 is 0 Å². The van der Waals surface area contributed by atoms with E-state index in [2.05, 4.69) is 108 Å². The predicted molar refractivity (Wildman–Crippen MR) is 177 cm³/mol. The molecule has 0 amide bonds. The smallest absolute Gasteiger partial charge is 0.252 e. The van der Waals surface area contributed by atoms with Crippen LogP contribution in [0.3, 0.4) is 0 Å². The minimum absolute atomic E-state index is 0. The van der Waals surface area contributed by atoms with Crippen LogP contribution in [0.15, 0.2) is 46.2 Å². The number of rotatable bonds is 1. The Morgan fingerprint density at radius 3 is 1.47 bits per heavy atom. The summed E-state index contributed by atoms with van der Waals surface area (Å²) in [7, 11) is 0. The van der Waals surface area contributed by atoms with Gasteiger partial charge in [-0.05, 0) is 102 Å². The first-order chi connectivity index (χ1) is 21.4. The maximum absolute atomic E-state index is 12.4. The van der Waals surface area contributed by atoms with Crippen molar-refractivity contribution in [1.82, 2.24) is 28.5 Å². The molecule has 0 fully saturated rings. The number of hydrazine groups is 1. The van der Waals surface area contributed by atoms with E-state index >= 15 is 0 Å². The van der Waals surface area contributed by atoms with Crippen molar-refractivity contribution in [2.24, 2.45) is 11.7 Å². The molecule has 0 bridgehead atoms. The zero-order chi connectivity index (χ0) is 34.3. The van der Waals surface area contributed by atoms with Crippen molar-refractivity contribution in [3.8, 4) is 34.0 Å². The zero-order valence-electron chi connectivity index (χ0n) is 33.1. The molecule has 55 heavy (non-hydrogen) atoms. The molecule has 3 aromatic rings. The van der Waals surface area contributed by atoms with Crippen LogP contribution in [0.1, 0.15) is 76.9 Å². The number of carboxylic acid groups (broad SMARTS) is 1. The summed E-state index contributed by atoms with van der Waals surface area (Å²) < 4.78 is 8.39. The second-order valence-corrected chi connectivity index (χ2v) is 13.9. The van der Waals surface area contributed by atoms with Crippen molar-refractivity contribution in [2.45, 2.75) is 91.4 Å². The molecule has 7 rings (SSSR count). The van der Waals surface area contributed by atoms with E-state index in [1.165, 1.54) is 0 Å². The molecule has 274 valence electrons. The van der Waals surface area contributed by atoms with E-state index in [0.717, 1.165) is 28.3 Å². The number of hydrogen-bond acceptors (Lipinski definition) is 6. The van der Waals surface area contributed by atoms with Crippen LogP contribution in [0.5, 0.6) is 0 Å². The fourth-order valence-electron chi connectivity index (χ4n) is 6.69. The quantitative estimate of drug-likeness (QED) is 0.111. The summed E-state index contributed by atoms with van der Waals surface area (Å²) >= 11 is 0. The first kappa shape index (κ1) is 68.9. The van der Waals surface area contributed by atoms with Crippen molar-refractivity contribution >= 4 is 5.97 Å². The number of nitrogens with two attached hydrogens (primary N) is 2. The Morgan fingerprint density at radius 1 is 0.691 bits per heavy atom. The Hall–Kier alpha value is 4.84. The third-order valence-corrected chi connectivity index (χ3v) is 10.8. The standard InChI is InChI=1S/C17H19N4O.C17H19N2O3.H4N2.W.8Y/c1-10-13-11(15(22)19-18-13)9-21-14(10)12-7-6-8-20(12)16(2,3)17(21,4)5;1-10-13-12-7-6-8-18(12)16(2,3)17(4,5)19(13)9-11(14(10)20)15(21)22;1-2;;;;;;;;;/h6-8H,1-5H3,(H,19,22);6-8H,1-5H3,(H,21,22);1-2H2;;;;;;;;;/q2*-1;;;;;;;;;;. The number of aromatic nitrogens is 6. The van der Waals surface area contributed by atoms with E-state index < -0.39 is 16.9 Å². The van der Waals surface area contributed by atoms with Gasteiger partial charge in [0.05, 0.1) is 11.1 Å². The number of pyridine rings is 2. The van der Waals surface area contributed by atoms with Crippen LogP contribution in [-0.2, 0) is 305 Å². The Balaban J connectivity index is -0.000000251.